The lowest BCUT2D eigenvalue weighted by Gasteiger charge is -2.13. The number of esters is 1. The van der Waals surface area contributed by atoms with E-state index in [-0.39, 0.29) is 11.5 Å². The summed E-state index contributed by atoms with van der Waals surface area (Å²) < 4.78 is 10.8. The number of aliphatic hydroxyl groups excluding tert-OH is 1. The number of hydrogen-bond donors (Lipinski definition) is 1. The number of ether oxygens (including phenoxy) is 2. The molecule has 0 aliphatic rings. The van der Waals surface area contributed by atoms with E-state index < -0.39 is 12.1 Å². The molecular weight excluding hydrogens is 577 g/mol. The molecule has 1 unspecified atom stereocenters. The van der Waals surface area contributed by atoms with E-state index in [0.717, 1.165) is 25.7 Å². The molecule has 0 saturated carbocycles. The van der Waals surface area contributed by atoms with Crippen LogP contribution in [0.4, 0.5) is 0 Å². The van der Waals surface area contributed by atoms with Gasteiger partial charge in [0, 0.05) is 0 Å². The molecule has 0 amide bonds. The molecule has 5 heteroatoms. The highest BCUT2D eigenvalue weighted by atomic mass is 32.1. The monoisotopic (exact) mass is 655 g/mol. The topological polar surface area (TPSA) is 55.8 Å². The molecule has 0 rings (SSSR count). The van der Waals surface area contributed by atoms with Gasteiger partial charge in [0.25, 0.3) is 0 Å². The van der Waals surface area contributed by atoms with E-state index in [9.17, 15) is 9.90 Å². The minimum absolute atomic E-state index is 0.114. The van der Waals surface area contributed by atoms with Crippen LogP contribution in [0.1, 0.15) is 226 Å². The minimum Gasteiger partial charge on any atom is -0.484 e. The maximum Gasteiger partial charge on any atom is 0.308 e. The summed E-state index contributed by atoms with van der Waals surface area (Å²) in [6.07, 6.45) is 41.3. The number of carbonyl (C=O) groups excluding carboxylic acids is 1. The number of rotatable bonds is 37. The fourth-order valence-electron chi connectivity index (χ4n) is 6.06. The van der Waals surface area contributed by atoms with Gasteiger partial charge in [0.2, 0.25) is 0 Å². The molecule has 0 radical (unpaired) electrons. The molecule has 0 bridgehead atoms. The fraction of sp³-hybridized carbons (Fsp3) is 0.950. The van der Waals surface area contributed by atoms with Crippen LogP contribution in [-0.4, -0.2) is 35.4 Å². The zero-order chi connectivity index (χ0) is 32.9. The smallest absolute Gasteiger partial charge is 0.308 e. The SMILES string of the molecule is CCCCCCCCCCCCCCCCCCOC(=O)CC(O)C(=S)OCCCCCCCCCCCCCCCCCC. The van der Waals surface area contributed by atoms with Crippen molar-refractivity contribution >= 4 is 23.2 Å². The third-order valence-corrected chi connectivity index (χ3v) is 9.53. The average Bonchev–Trinajstić information content (AvgIpc) is 3.03. The molecule has 0 saturated heterocycles. The molecule has 45 heavy (non-hydrogen) atoms. The van der Waals surface area contributed by atoms with E-state index in [0.29, 0.717) is 13.2 Å². The summed E-state index contributed by atoms with van der Waals surface area (Å²) in [6, 6.07) is 0. The summed E-state index contributed by atoms with van der Waals surface area (Å²) in [5, 5.41) is 10.3. The molecule has 1 N–H and O–H groups in total. The van der Waals surface area contributed by atoms with E-state index in [1.165, 1.54) is 180 Å². The Kier molecular flexibility index (Phi) is 37.2. The van der Waals surface area contributed by atoms with E-state index in [4.69, 9.17) is 21.7 Å². The van der Waals surface area contributed by atoms with E-state index in [1.54, 1.807) is 0 Å². The van der Waals surface area contributed by atoms with Crippen LogP contribution in [0, 0.1) is 0 Å². The summed E-state index contributed by atoms with van der Waals surface area (Å²) in [7, 11) is 0. The molecule has 0 aliphatic carbocycles. The summed E-state index contributed by atoms with van der Waals surface area (Å²) in [5.74, 6) is -0.392. The second-order valence-electron chi connectivity index (χ2n) is 13.7. The molecule has 4 nitrogen and oxygen atoms in total. The molecule has 1 atom stereocenters. The van der Waals surface area contributed by atoms with Crippen molar-refractivity contribution in [3.05, 3.63) is 0 Å². The van der Waals surface area contributed by atoms with E-state index in [1.807, 2.05) is 0 Å². The van der Waals surface area contributed by atoms with Gasteiger partial charge in [-0.15, -0.1) is 0 Å². The van der Waals surface area contributed by atoms with Crippen molar-refractivity contribution in [3.63, 3.8) is 0 Å². The first-order valence-corrected chi connectivity index (χ1v) is 20.5. The van der Waals surface area contributed by atoms with Crippen molar-refractivity contribution in [1.82, 2.24) is 0 Å². The van der Waals surface area contributed by atoms with Crippen molar-refractivity contribution in [2.45, 2.75) is 232 Å². The Morgan fingerprint density at radius 2 is 0.689 bits per heavy atom. The van der Waals surface area contributed by atoms with E-state index in [2.05, 4.69) is 13.8 Å². The number of hydrogen-bond acceptors (Lipinski definition) is 5. The predicted octanol–water partition coefficient (Wildman–Crippen LogP) is 13.1. The fourth-order valence-corrected chi connectivity index (χ4v) is 6.22. The lowest BCUT2D eigenvalue weighted by molar-refractivity contribution is -0.145. The Morgan fingerprint density at radius 3 is 0.978 bits per heavy atom. The first-order valence-electron chi connectivity index (χ1n) is 20.1. The van der Waals surface area contributed by atoms with Crippen molar-refractivity contribution < 1.29 is 19.4 Å². The molecule has 0 spiro atoms. The first kappa shape index (κ1) is 44.3. The van der Waals surface area contributed by atoms with Gasteiger partial charge in [-0.25, -0.2) is 0 Å². The van der Waals surface area contributed by atoms with Crippen molar-refractivity contribution in [1.29, 1.82) is 0 Å². The van der Waals surface area contributed by atoms with E-state index >= 15 is 0 Å². The number of carbonyl (C=O) groups is 1. The van der Waals surface area contributed by atoms with Crippen LogP contribution < -0.4 is 0 Å². The number of aliphatic hydroxyl groups is 1. The normalized spacial score (nSPS) is 12.0. The first-order chi connectivity index (χ1) is 22.1. The Bertz CT molecular complexity index is 611. The second kappa shape index (κ2) is 37.8. The Hall–Kier alpha value is -0.680. The van der Waals surface area contributed by atoms with Gasteiger partial charge in [0.15, 0.2) is 5.05 Å². The van der Waals surface area contributed by atoms with Gasteiger partial charge >= 0.3 is 5.97 Å². The standard InChI is InChI=1S/C40H78O4S/c1-3-5-7-9-11-13-15-17-19-21-23-25-27-29-31-33-35-43-39(42)37-38(41)40(45)44-36-34-32-30-28-26-24-22-20-18-16-14-12-10-8-6-4-2/h38,41H,3-37H2,1-2H3. The lowest BCUT2D eigenvalue weighted by atomic mass is 10.0. The highest BCUT2D eigenvalue weighted by Gasteiger charge is 2.17. The zero-order valence-electron chi connectivity index (χ0n) is 30.4. The van der Waals surface area contributed by atoms with Gasteiger partial charge < -0.3 is 14.6 Å². The van der Waals surface area contributed by atoms with Gasteiger partial charge in [-0.05, 0) is 25.1 Å². The van der Waals surface area contributed by atoms with Gasteiger partial charge in [-0.2, -0.15) is 0 Å². The molecular formula is C40H78O4S. The summed E-state index contributed by atoms with van der Waals surface area (Å²) in [6.45, 7) is 5.50. The quantitative estimate of drug-likeness (QED) is 0.0410. The maximum atomic E-state index is 12.1. The Morgan fingerprint density at radius 1 is 0.444 bits per heavy atom. The van der Waals surface area contributed by atoms with Crippen LogP contribution in [0.15, 0.2) is 0 Å². The molecule has 0 fully saturated rings. The highest BCUT2D eigenvalue weighted by molar-refractivity contribution is 7.80. The lowest BCUT2D eigenvalue weighted by Crippen LogP contribution is -2.26. The molecule has 0 heterocycles. The van der Waals surface area contributed by atoms with Crippen LogP contribution in [0.25, 0.3) is 0 Å². The van der Waals surface area contributed by atoms with Crippen molar-refractivity contribution in [3.8, 4) is 0 Å². The van der Waals surface area contributed by atoms with Crippen molar-refractivity contribution in [2.24, 2.45) is 0 Å². The molecule has 0 aromatic carbocycles. The van der Waals surface area contributed by atoms with Gasteiger partial charge in [0.05, 0.1) is 19.6 Å². The van der Waals surface area contributed by atoms with Crippen molar-refractivity contribution in [2.75, 3.05) is 13.2 Å². The van der Waals surface area contributed by atoms with Crippen LogP contribution in [0.2, 0.25) is 0 Å². The predicted molar refractivity (Wildman–Crippen MR) is 199 cm³/mol. The molecule has 268 valence electrons. The largest absolute Gasteiger partial charge is 0.484 e. The minimum atomic E-state index is -1.06. The molecule has 0 aromatic rings. The third-order valence-electron chi connectivity index (χ3n) is 9.14. The summed E-state index contributed by atoms with van der Waals surface area (Å²) in [5.41, 5.74) is 0. The molecule has 0 aliphatic heterocycles. The van der Waals surface area contributed by atoms with Gasteiger partial charge in [-0.3, -0.25) is 4.79 Å². The maximum absolute atomic E-state index is 12.1. The zero-order valence-corrected chi connectivity index (χ0v) is 31.2. The van der Waals surface area contributed by atoms with Crippen LogP contribution >= 0.6 is 12.2 Å². The van der Waals surface area contributed by atoms with Crippen LogP contribution in [0.3, 0.4) is 0 Å². The molecule has 0 aromatic heterocycles. The number of unbranched alkanes of at least 4 members (excludes halogenated alkanes) is 30. The van der Waals surface area contributed by atoms with Crippen LogP contribution in [-0.2, 0) is 14.3 Å². The Balaban J connectivity index is 3.38. The van der Waals surface area contributed by atoms with Crippen LogP contribution in [0.5, 0.6) is 0 Å². The third kappa shape index (κ3) is 36.0. The van der Waals surface area contributed by atoms with Gasteiger partial charge in [-0.1, -0.05) is 206 Å². The highest BCUT2D eigenvalue weighted by Crippen LogP contribution is 2.15. The Labute approximate surface area is 287 Å². The summed E-state index contributed by atoms with van der Waals surface area (Å²) in [4.78, 5) is 12.1. The average molecular weight is 655 g/mol. The second-order valence-corrected chi connectivity index (χ2v) is 14.1. The summed E-state index contributed by atoms with van der Waals surface area (Å²) >= 11 is 5.18. The van der Waals surface area contributed by atoms with Gasteiger partial charge in [0.1, 0.15) is 6.10 Å². The number of thiocarbonyl (C=S) groups is 1.